The van der Waals surface area contributed by atoms with Gasteiger partial charge in [0.1, 0.15) is 36.1 Å². The number of amides is 2. The zero-order valence-electron chi connectivity index (χ0n) is 35.2. The first-order valence-corrected chi connectivity index (χ1v) is 21.0. The molecule has 5 aromatic rings. The number of likely N-dealkylation sites (tertiary alicyclic amines) is 2. The minimum Gasteiger partial charge on any atom is -0.487 e. The van der Waals surface area contributed by atoms with Gasteiger partial charge in [0.25, 0.3) is 23.7 Å². The smallest absolute Gasteiger partial charge is 0.272 e. The average Bonchev–Trinajstić information content (AvgIpc) is 3.28. The predicted molar refractivity (Wildman–Crippen MR) is 227 cm³/mol. The van der Waals surface area contributed by atoms with Crippen molar-refractivity contribution in [2.45, 2.75) is 96.8 Å². The maximum Gasteiger partial charge on any atom is 0.272 e. The summed E-state index contributed by atoms with van der Waals surface area (Å²) >= 11 is 0. The Balaban J connectivity index is 0.000000205. The standard InChI is InChI=1S/C26H26F2N2O2.C23H28F2N2O2/c1-26(27,28)21-9-5-11-23(17-21)32-18-22-10-6-12-24(29-22)25(31)30-15-13-20(14-16-30)19-7-3-2-4-8-19;1-4-17-12-11-16(2)27(14-17)22(28)21-10-6-8-19(26-21)15-29-20-9-5-7-18(13-20)23(3,24)25/h2-12,17,20H,13-16,18H2,1H3;5-10,13,16-17H,4,11-12,14-15H2,1-3H3. The number of halogens is 4. The molecule has 322 valence electrons. The molecule has 2 atom stereocenters. The second-order valence-electron chi connectivity index (χ2n) is 16.1. The van der Waals surface area contributed by atoms with Crippen LogP contribution in [0.15, 0.2) is 115 Å². The molecule has 2 saturated heterocycles. The summed E-state index contributed by atoms with van der Waals surface area (Å²) in [6.45, 7) is 8.28. The number of piperidine rings is 2. The van der Waals surface area contributed by atoms with Gasteiger partial charge in [-0.1, -0.05) is 80.1 Å². The molecule has 61 heavy (non-hydrogen) atoms. The van der Waals surface area contributed by atoms with E-state index in [1.165, 1.54) is 42.0 Å². The van der Waals surface area contributed by atoms with Crippen molar-refractivity contribution in [2.75, 3.05) is 19.6 Å². The van der Waals surface area contributed by atoms with E-state index in [0.717, 1.165) is 52.5 Å². The summed E-state index contributed by atoms with van der Waals surface area (Å²) in [5.74, 6) is -4.33. The molecule has 2 amide bonds. The minimum atomic E-state index is -2.93. The molecule has 12 heteroatoms. The number of carbonyl (C=O) groups is 2. The van der Waals surface area contributed by atoms with Gasteiger partial charge in [-0.05, 0) is 98.5 Å². The molecule has 0 N–H and O–H groups in total. The molecular weight excluding hydrogens is 785 g/mol. The fourth-order valence-corrected chi connectivity index (χ4v) is 7.64. The highest BCUT2D eigenvalue weighted by Crippen LogP contribution is 2.32. The van der Waals surface area contributed by atoms with Gasteiger partial charge in [-0.15, -0.1) is 0 Å². The molecule has 4 heterocycles. The van der Waals surface area contributed by atoms with Gasteiger partial charge in [-0.3, -0.25) is 9.59 Å². The van der Waals surface area contributed by atoms with Crippen LogP contribution in [0.25, 0.3) is 0 Å². The average molecular weight is 839 g/mol. The molecule has 0 radical (unpaired) electrons. The lowest BCUT2D eigenvalue weighted by atomic mass is 9.89. The highest BCUT2D eigenvalue weighted by atomic mass is 19.3. The van der Waals surface area contributed by atoms with Gasteiger partial charge in [0.2, 0.25) is 0 Å². The Morgan fingerprint density at radius 2 is 1.16 bits per heavy atom. The molecule has 2 aromatic heterocycles. The van der Waals surface area contributed by atoms with E-state index in [0.29, 0.717) is 59.2 Å². The molecule has 2 aliphatic heterocycles. The predicted octanol–water partition coefficient (Wildman–Crippen LogP) is 11.2. The van der Waals surface area contributed by atoms with E-state index in [2.05, 4.69) is 35.9 Å². The first-order chi connectivity index (χ1) is 29.2. The topological polar surface area (TPSA) is 84.9 Å². The molecule has 0 aliphatic carbocycles. The Hall–Kier alpha value is -5.78. The van der Waals surface area contributed by atoms with Crippen molar-refractivity contribution >= 4 is 11.8 Å². The van der Waals surface area contributed by atoms with Crippen LogP contribution in [0.2, 0.25) is 0 Å². The molecule has 0 saturated carbocycles. The van der Waals surface area contributed by atoms with Crippen LogP contribution in [0.3, 0.4) is 0 Å². The molecule has 7 rings (SSSR count). The Kier molecular flexibility index (Phi) is 14.8. The molecule has 8 nitrogen and oxygen atoms in total. The lowest BCUT2D eigenvalue weighted by Gasteiger charge is -2.37. The van der Waals surface area contributed by atoms with Crippen LogP contribution in [-0.2, 0) is 25.1 Å². The molecule has 2 unspecified atom stereocenters. The van der Waals surface area contributed by atoms with E-state index in [1.807, 2.05) is 28.0 Å². The number of ether oxygens (including phenoxy) is 2. The lowest BCUT2D eigenvalue weighted by molar-refractivity contribution is 0.0165. The number of hydrogen-bond acceptors (Lipinski definition) is 6. The van der Waals surface area contributed by atoms with E-state index in [1.54, 1.807) is 48.5 Å². The molecule has 2 fully saturated rings. The summed E-state index contributed by atoms with van der Waals surface area (Å²) in [5.41, 5.74) is 3.04. The SMILES string of the molecule is CC(F)(F)c1cccc(OCc2cccc(C(=O)N3CCC(c4ccccc4)CC3)n2)c1.CCC1CCC(C)N(C(=O)c2cccc(COc3cccc(C(C)(F)F)c3)n2)C1. The summed E-state index contributed by atoms with van der Waals surface area (Å²) < 4.78 is 65.3. The van der Waals surface area contributed by atoms with Gasteiger partial charge in [-0.25, -0.2) is 27.5 Å². The second kappa shape index (κ2) is 20.2. The van der Waals surface area contributed by atoms with Gasteiger partial charge in [-0.2, -0.15) is 0 Å². The van der Waals surface area contributed by atoms with E-state index in [9.17, 15) is 27.2 Å². The van der Waals surface area contributed by atoms with Gasteiger partial charge < -0.3 is 19.3 Å². The fourth-order valence-electron chi connectivity index (χ4n) is 7.64. The molecule has 2 aliphatic rings. The number of carbonyl (C=O) groups excluding carboxylic acids is 2. The number of rotatable bonds is 12. The van der Waals surface area contributed by atoms with Gasteiger partial charge in [0.05, 0.1) is 11.4 Å². The van der Waals surface area contributed by atoms with Crippen molar-refractivity contribution in [3.8, 4) is 11.5 Å². The zero-order valence-corrected chi connectivity index (χ0v) is 35.2. The second-order valence-corrected chi connectivity index (χ2v) is 16.1. The third-order valence-corrected chi connectivity index (χ3v) is 11.4. The number of alkyl halides is 4. The van der Waals surface area contributed by atoms with Gasteiger partial charge in [0.15, 0.2) is 0 Å². The van der Waals surface area contributed by atoms with Crippen molar-refractivity contribution in [1.82, 2.24) is 19.8 Å². The van der Waals surface area contributed by atoms with Crippen LogP contribution in [-0.4, -0.2) is 57.3 Å². The van der Waals surface area contributed by atoms with Crippen molar-refractivity contribution in [3.63, 3.8) is 0 Å². The number of aromatic nitrogens is 2. The Bertz CT molecular complexity index is 2220. The highest BCUT2D eigenvalue weighted by Gasteiger charge is 2.30. The lowest BCUT2D eigenvalue weighted by Crippen LogP contribution is -2.45. The van der Waals surface area contributed by atoms with Crippen LogP contribution in [0.1, 0.15) is 115 Å². The quantitative estimate of drug-likeness (QED) is 0.116. The zero-order chi connectivity index (χ0) is 43.6. The van der Waals surface area contributed by atoms with Crippen LogP contribution >= 0.6 is 0 Å². The Morgan fingerprint density at radius 3 is 1.67 bits per heavy atom. The summed E-state index contributed by atoms with van der Waals surface area (Å²) in [7, 11) is 0. The van der Waals surface area contributed by atoms with Crippen molar-refractivity contribution in [2.24, 2.45) is 5.92 Å². The van der Waals surface area contributed by atoms with Crippen molar-refractivity contribution in [3.05, 3.63) is 155 Å². The van der Waals surface area contributed by atoms with E-state index >= 15 is 0 Å². The van der Waals surface area contributed by atoms with E-state index in [4.69, 9.17) is 9.47 Å². The molecular formula is C49H54F4N4O4. The maximum atomic E-state index is 13.5. The van der Waals surface area contributed by atoms with E-state index < -0.39 is 11.8 Å². The summed E-state index contributed by atoms with van der Waals surface area (Å²) in [4.78, 5) is 38.6. The fraction of sp³-hybridized carbons (Fsp3) is 0.388. The summed E-state index contributed by atoms with van der Waals surface area (Å²) in [5, 5.41) is 0. The van der Waals surface area contributed by atoms with Crippen molar-refractivity contribution in [1.29, 1.82) is 0 Å². The summed E-state index contributed by atoms with van der Waals surface area (Å²) in [6.07, 6.45) is 5.08. The number of benzene rings is 3. The molecule has 3 aromatic carbocycles. The monoisotopic (exact) mass is 838 g/mol. The third-order valence-electron chi connectivity index (χ3n) is 11.4. The largest absolute Gasteiger partial charge is 0.487 e. The Morgan fingerprint density at radius 1 is 0.656 bits per heavy atom. The minimum absolute atomic E-state index is 0.0647. The van der Waals surface area contributed by atoms with Gasteiger partial charge in [0, 0.05) is 50.7 Å². The number of nitrogens with zero attached hydrogens (tertiary/aromatic N) is 4. The normalized spacial score (nSPS) is 17.2. The number of pyridine rings is 2. The first kappa shape index (κ1) is 44.8. The number of hydrogen-bond donors (Lipinski definition) is 0. The van der Waals surface area contributed by atoms with Gasteiger partial charge >= 0.3 is 0 Å². The van der Waals surface area contributed by atoms with Crippen LogP contribution in [0.5, 0.6) is 11.5 Å². The van der Waals surface area contributed by atoms with Crippen LogP contribution in [0.4, 0.5) is 17.6 Å². The molecule has 0 spiro atoms. The van der Waals surface area contributed by atoms with E-state index in [-0.39, 0.29) is 42.2 Å². The van der Waals surface area contributed by atoms with Crippen LogP contribution in [0, 0.1) is 5.92 Å². The third kappa shape index (κ3) is 12.4. The molecule has 0 bridgehead atoms. The first-order valence-electron chi connectivity index (χ1n) is 21.0. The summed E-state index contributed by atoms with van der Waals surface area (Å²) in [6, 6.07) is 32.8. The maximum absolute atomic E-state index is 13.5. The Labute approximate surface area is 355 Å². The van der Waals surface area contributed by atoms with Crippen LogP contribution < -0.4 is 9.47 Å². The van der Waals surface area contributed by atoms with Crippen molar-refractivity contribution < 1.29 is 36.6 Å². The highest BCUT2D eigenvalue weighted by molar-refractivity contribution is 5.93.